The normalized spacial score (nSPS) is 25.5. The number of methoxy groups -OCH3 is 1. The predicted octanol–water partition coefficient (Wildman–Crippen LogP) is 2.14. The molecular formula is C16H31NO4. The van der Waals surface area contributed by atoms with Crippen LogP contribution in [0.4, 0.5) is 0 Å². The molecule has 0 spiro atoms. The first-order chi connectivity index (χ1) is 10.1. The summed E-state index contributed by atoms with van der Waals surface area (Å²) in [6.07, 6.45) is 3.84. The number of carbonyl (C=O) groups is 1. The summed E-state index contributed by atoms with van der Waals surface area (Å²) in [5, 5.41) is 3.49. The summed E-state index contributed by atoms with van der Waals surface area (Å²) >= 11 is 0. The summed E-state index contributed by atoms with van der Waals surface area (Å²) < 4.78 is 15.9. The fraction of sp³-hybridized carbons (Fsp3) is 0.938. The zero-order chi connectivity index (χ0) is 15.7. The van der Waals surface area contributed by atoms with E-state index in [2.05, 4.69) is 19.2 Å². The number of esters is 1. The molecule has 0 heterocycles. The fourth-order valence-electron chi connectivity index (χ4n) is 3.23. The van der Waals surface area contributed by atoms with Crippen LogP contribution in [-0.2, 0) is 19.0 Å². The number of hydrogen-bond donors (Lipinski definition) is 1. The highest BCUT2D eigenvalue weighted by Gasteiger charge is 2.49. The molecule has 2 unspecified atom stereocenters. The summed E-state index contributed by atoms with van der Waals surface area (Å²) in [5.74, 6) is 0.180. The van der Waals surface area contributed by atoms with E-state index in [4.69, 9.17) is 14.2 Å². The molecule has 0 aliphatic heterocycles. The van der Waals surface area contributed by atoms with Crippen molar-refractivity contribution in [3.05, 3.63) is 0 Å². The van der Waals surface area contributed by atoms with Gasteiger partial charge in [0.1, 0.15) is 5.54 Å². The van der Waals surface area contributed by atoms with Crippen LogP contribution in [0, 0.1) is 5.92 Å². The van der Waals surface area contributed by atoms with Gasteiger partial charge in [-0.25, -0.2) is 0 Å². The lowest BCUT2D eigenvalue weighted by Gasteiger charge is -2.36. The Morgan fingerprint density at radius 1 is 1.33 bits per heavy atom. The summed E-state index contributed by atoms with van der Waals surface area (Å²) in [7, 11) is 1.67. The average Bonchev–Trinajstić information content (AvgIpc) is 2.82. The van der Waals surface area contributed by atoms with E-state index in [0.717, 1.165) is 25.7 Å². The van der Waals surface area contributed by atoms with E-state index in [1.165, 1.54) is 0 Å². The largest absolute Gasteiger partial charge is 0.465 e. The van der Waals surface area contributed by atoms with E-state index in [9.17, 15) is 4.79 Å². The van der Waals surface area contributed by atoms with Crippen molar-refractivity contribution in [3.8, 4) is 0 Å². The topological polar surface area (TPSA) is 56.8 Å². The van der Waals surface area contributed by atoms with Gasteiger partial charge in [-0.2, -0.15) is 0 Å². The number of hydrogen-bond acceptors (Lipinski definition) is 5. The number of rotatable bonds is 10. The van der Waals surface area contributed by atoms with Gasteiger partial charge in [0.2, 0.25) is 0 Å². The van der Waals surface area contributed by atoms with Crippen LogP contribution in [0.15, 0.2) is 0 Å². The van der Waals surface area contributed by atoms with Gasteiger partial charge >= 0.3 is 5.97 Å². The van der Waals surface area contributed by atoms with Crippen LogP contribution < -0.4 is 5.32 Å². The van der Waals surface area contributed by atoms with Gasteiger partial charge < -0.3 is 14.2 Å². The molecule has 0 aromatic carbocycles. The zero-order valence-electron chi connectivity index (χ0n) is 13.9. The minimum atomic E-state index is -0.533. The molecule has 0 aromatic heterocycles. The molecular weight excluding hydrogens is 270 g/mol. The van der Waals surface area contributed by atoms with Crippen molar-refractivity contribution < 1.29 is 19.0 Å². The van der Waals surface area contributed by atoms with Gasteiger partial charge in [-0.3, -0.25) is 10.1 Å². The van der Waals surface area contributed by atoms with Crippen LogP contribution in [0.2, 0.25) is 0 Å². The van der Waals surface area contributed by atoms with Crippen LogP contribution in [0.1, 0.15) is 46.5 Å². The zero-order valence-corrected chi connectivity index (χ0v) is 13.9. The first kappa shape index (κ1) is 18.4. The fourth-order valence-corrected chi connectivity index (χ4v) is 3.23. The molecule has 1 aliphatic carbocycles. The molecule has 1 fully saturated rings. The van der Waals surface area contributed by atoms with Crippen LogP contribution in [0.3, 0.4) is 0 Å². The maximum atomic E-state index is 12.5. The lowest BCUT2D eigenvalue weighted by atomic mass is 9.84. The quantitative estimate of drug-likeness (QED) is 0.495. The molecule has 5 heteroatoms. The molecule has 124 valence electrons. The molecule has 0 bridgehead atoms. The Balaban J connectivity index is 2.63. The molecule has 21 heavy (non-hydrogen) atoms. The van der Waals surface area contributed by atoms with Gasteiger partial charge in [0, 0.05) is 19.8 Å². The number of ether oxygens (including phenoxy) is 3. The summed E-state index contributed by atoms with van der Waals surface area (Å²) in [6.45, 7) is 8.31. The van der Waals surface area contributed by atoms with E-state index >= 15 is 0 Å². The molecule has 0 amide bonds. The van der Waals surface area contributed by atoms with E-state index in [1.54, 1.807) is 7.11 Å². The van der Waals surface area contributed by atoms with Crippen LogP contribution in [0.5, 0.6) is 0 Å². The van der Waals surface area contributed by atoms with Crippen LogP contribution >= 0.6 is 0 Å². The molecule has 1 rings (SSSR count). The second kappa shape index (κ2) is 9.38. The number of nitrogens with one attached hydrogen (secondary N) is 1. The third-order valence-corrected chi connectivity index (χ3v) is 4.05. The molecule has 1 N–H and O–H groups in total. The van der Waals surface area contributed by atoms with Crippen molar-refractivity contribution in [2.45, 2.75) is 58.0 Å². The van der Waals surface area contributed by atoms with Gasteiger partial charge in [0.15, 0.2) is 0 Å². The van der Waals surface area contributed by atoms with Crippen molar-refractivity contribution in [3.63, 3.8) is 0 Å². The van der Waals surface area contributed by atoms with Crippen LogP contribution in [0.25, 0.3) is 0 Å². The predicted molar refractivity (Wildman–Crippen MR) is 82.3 cm³/mol. The summed E-state index contributed by atoms with van der Waals surface area (Å²) in [4.78, 5) is 12.5. The lowest BCUT2D eigenvalue weighted by molar-refractivity contribution is -0.153. The molecule has 0 aromatic rings. The minimum absolute atomic E-state index is 0.0990. The Labute approximate surface area is 128 Å². The SMILES string of the molecule is CCOC(=O)C1(NC(C)C)CCCC1CCOCCOC. The highest BCUT2D eigenvalue weighted by atomic mass is 16.5. The van der Waals surface area contributed by atoms with Gasteiger partial charge in [0.25, 0.3) is 0 Å². The monoisotopic (exact) mass is 301 g/mol. The van der Waals surface area contributed by atoms with E-state index in [0.29, 0.717) is 26.4 Å². The Hall–Kier alpha value is -0.650. The van der Waals surface area contributed by atoms with Gasteiger partial charge in [-0.1, -0.05) is 6.42 Å². The second-order valence-electron chi connectivity index (χ2n) is 5.97. The minimum Gasteiger partial charge on any atom is -0.465 e. The standard InChI is InChI=1S/C16H31NO4/c1-5-21-15(18)16(17-13(2)3)9-6-7-14(16)8-10-20-12-11-19-4/h13-14,17H,5-12H2,1-4H3. The molecule has 1 aliphatic rings. The Bertz CT molecular complexity index is 309. The van der Waals surface area contributed by atoms with E-state index in [-0.39, 0.29) is 17.9 Å². The Kier molecular flexibility index (Phi) is 8.22. The second-order valence-corrected chi connectivity index (χ2v) is 5.97. The lowest BCUT2D eigenvalue weighted by Crippen LogP contribution is -2.58. The molecule has 1 saturated carbocycles. The Morgan fingerprint density at radius 3 is 2.71 bits per heavy atom. The van der Waals surface area contributed by atoms with Gasteiger partial charge in [-0.15, -0.1) is 0 Å². The average molecular weight is 301 g/mol. The smallest absolute Gasteiger partial charge is 0.326 e. The van der Waals surface area contributed by atoms with Crippen LogP contribution in [-0.4, -0.2) is 51.1 Å². The maximum Gasteiger partial charge on any atom is 0.326 e. The highest BCUT2D eigenvalue weighted by molar-refractivity contribution is 5.82. The van der Waals surface area contributed by atoms with E-state index < -0.39 is 5.54 Å². The van der Waals surface area contributed by atoms with Gasteiger partial charge in [-0.05, 0) is 46.0 Å². The van der Waals surface area contributed by atoms with Crippen molar-refractivity contribution in [2.75, 3.05) is 33.5 Å². The highest BCUT2D eigenvalue weighted by Crippen LogP contribution is 2.39. The van der Waals surface area contributed by atoms with Crippen molar-refractivity contribution >= 4 is 5.97 Å². The molecule has 2 atom stereocenters. The maximum absolute atomic E-state index is 12.5. The van der Waals surface area contributed by atoms with Crippen molar-refractivity contribution in [2.24, 2.45) is 5.92 Å². The molecule has 0 saturated heterocycles. The summed E-state index contributed by atoms with van der Waals surface area (Å²) in [6, 6.07) is 0.254. The molecule has 0 radical (unpaired) electrons. The first-order valence-electron chi connectivity index (χ1n) is 8.08. The van der Waals surface area contributed by atoms with Crippen molar-refractivity contribution in [1.29, 1.82) is 0 Å². The van der Waals surface area contributed by atoms with Crippen molar-refractivity contribution in [1.82, 2.24) is 5.32 Å². The third kappa shape index (κ3) is 5.24. The Morgan fingerprint density at radius 2 is 2.10 bits per heavy atom. The number of carbonyl (C=O) groups excluding carboxylic acids is 1. The summed E-state index contributed by atoms with van der Waals surface area (Å²) in [5.41, 5.74) is -0.533. The van der Waals surface area contributed by atoms with E-state index in [1.807, 2.05) is 6.92 Å². The first-order valence-corrected chi connectivity index (χ1v) is 8.08. The third-order valence-electron chi connectivity index (χ3n) is 4.05. The molecule has 5 nitrogen and oxygen atoms in total. The van der Waals surface area contributed by atoms with Gasteiger partial charge in [0.05, 0.1) is 19.8 Å².